The van der Waals surface area contributed by atoms with E-state index in [1.807, 2.05) is 6.92 Å². The Hall–Kier alpha value is -3.03. The summed E-state index contributed by atoms with van der Waals surface area (Å²) in [5, 5.41) is 7.80. The number of esters is 1. The van der Waals surface area contributed by atoms with Crippen LogP contribution in [0.25, 0.3) is 11.2 Å². The molecule has 0 spiro atoms. The highest BCUT2D eigenvalue weighted by Gasteiger charge is 2.11. The molecule has 118 valence electrons. The van der Waals surface area contributed by atoms with Gasteiger partial charge in [-0.15, -0.1) is 5.10 Å². The van der Waals surface area contributed by atoms with E-state index in [0.717, 1.165) is 5.56 Å². The van der Waals surface area contributed by atoms with Crippen LogP contribution < -0.4 is 5.56 Å². The Labute approximate surface area is 131 Å². The minimum Gasteiger partial charge on any atom is -0.465 e. The number of methoxy groups -OCH3 is 1. The van der Waals surface area contributed by atoms with E-state index in [1.54, 1.807) is 28.9 Å². The minimum absolute atomic E-state index is 0.244. The van der Waals surface area contributed by atoms with Gasteiger partial charge in [-0.05, 0) is 24.6 Å². The summed E-state index contributed by atoms with van der Waals surface area (Å²) in [6.45, 7) is 2.84. The number of carbonyl (C=O) groups excluding carboxylic acids is 1. The van der Waals surface area contributed by atoms with Gasteiger partial charge in [-0.1, -0.05) is 17.3 Å². The van der Waals surface area contributed by atoms with E-state index in [0.29, 0.717) is 24.3 Å². The summed E-state index contributed by atoms with van der Waals surface area (Å²) in [6.07, 6.45) is 1.48. The first-order valence-corrected chi connectivity index (χ1v) is 7.10. The van der Waals surface area contributed by atoms with Crippen LogP contribution in [0.2, 0.25) is 0 Å². The number of rotatable bonds is 4. The number of hydrogen-bond donors (Lipinski definition) is 0. The number of aryl methyl sites for hydroxylation is 1. The highest BCUT2D eigenvalue weighted by Crippen LogP contribution is 2.08. The van der Waals surface area contributed by atoms with Crippen LogP contribution in [0.5, 0.6) is 0 Å². The number of benzene rings is 1. The molecular formula is C15H15N5O3. The molecule has 0 aliphatic carbocycles. The molecule has 0 unspecified atom stereocenters. The molecule has 0 amide bonds. The zero-order valence-electron chi connectivity index (χ0n) is 12.8. The summed E-state index contributed by atoms with van der Waals surface area (Å²) < 4.78 is 7.69. The Kier molecular flexibility index (Phi) is 3.88. The SMILES string of the molecule is CCn1nnc2c(=O)n(Cc3ccc(C(=O)OC)cc3)cnc21. The van der Waals surface area contributed by atoms with Crippen LogP contribution >= 0.6 is 0 Å². The van der Waals surface area contributed by atoms with Gasteiger partial charge < -0.3 is 4.74 Å². The molecule has 0 bridgehead atoms. The smallest absolute Gasteiger partial charge is 0.337 e. The second kappa shape index (κ2) is 5.99. The van der Waals surface area contributed by atoms with Crippen molar-refractivity contribution >= 4 is 17.1 Å². The normalized spacial score (nSPS) is 10.9. The molecule has 8 nitrogen and oxygen atoms in total. The summed E-state index contributed by atoms with van der Waals surface area (Å²) in [5.74, 6) is -0.395. The summed E-state index contributed by atoms with van der Waals surface area (Å²) in [7, 11) is 1.33. The molecule has 2 aromatic heterocycles. The Bertz CT molecular complexity index is 911. The third kappa shape index (κ3) is 2.70. The molecule has 0 aliphatic heterocycles. The third-order valence-corrected chi connectivity index (χ3v) is 3.52. The fourth-order valence-electron chi connectivity index (χ4n) is 2.27. The van der Waals surface area contributed by atoms with Gasteiger partial charge in [-0.25, -0.2) is 14.5 Å². The van der Waals surface area contributed by atoms with Crippen LogP contribution in [0.3, 0.4) is 0 Å². The minimum atomic E-state index is -0.395. The molecule has 1 aromatic carbocycles. The van der Waals surface area contributed by atoms with Crippen molar-refractivity contribution in [2.75, 3.05) is 7.11 Å². The molecular weight excluding hydrogens is 298 g/mol. The summed E-state index contributed by atoms with van der Waals surface area (Å²) in [6, 6.07) is 6.86. The van der Waals surface area contributed by atoms with Crippen molar-refractivity contribution in [1.29, 1.82) is 0 Å². The number of hydrogen-bond acceptors (Lipinski definition) is 6. The van der Waals surface area contributed by atoms with Gasteiger partial charge in [0.05, 0.1) is 19.2 Å². The molecule has 0 radical (unpaired) electrons. The van der Waals surface area contributed by atoms with Crippen molar-refractivity contribution in [3.63, 3.8) is 0 Å². The Morgan fingerprint density at radius 2 is 2.00 bits per heavy atom. The van der Waals surface area contributed by atoms with Gasteiger partial charge in [0.25, 0.3) is 5.56 Å². The number of nitrogens with zero attached hydrogens (tertiary/aromatic N) is 5. The van der Waals surface area contributed by atoms with Crippen molar-refractivity contribution in [3.05, 3.63) is 52.1 Å². The number of ether oxygens (including phenoxy) is 1. The maximum absolute atomic E-state index is 12.4. The van der Waals surface area contributed by atoms with Crippen molar-refractivity contribution < 1.29 is 9.53 Å². The van der Waals surface area contributed by atoms with Crippen molar-refractivity contribution in [2.45, 2.75) is 20.0 Å². The van der Waals surface area contributed by atoms with E-state index in [1.165, 1.54) is 18.0 Å². The van der Waals surface area contributed by atoms with E-state index in [2.05, 4.69) is 20.0 Å². The van der Waals surface area contributed by atoms with E-state index < -0.39 is 5.97 Å². The standard InChI is InChI=1S/C15H15N5O3/c1-3-20-13-12(17-18-20)14(21)19(9-16-13)8-10-4-6-11(7-5-10)15(22)23-2/h4-7,9H,3,8H2,1-2H3. The molecule has 3 rings (SSSR count). The monoisotopic (exact) mass is 313 g/mol. The maximum atomic E-state index is 12.4. The lowest BCUT2D eigenvalue weighted by molar-refractivity contribution is 0.0600. The highest BCUT2D eigenvalue weighted by atomic mass is 16.5. The molecule has 2 heterocycles. The van der Waals surface area contributed by atoms with E-state index >= 15 is 0 Å². The Morgan fingerprint density at radius 3 is 2.65 bits per heavy atom. The topological polar surface area (TPSA) is 91.9 Å². The molecule has 0 atom stereocenters. The van der Waals surface area contributed by atoms with Crippen LogP contribution in [-0.4, -0.2) is 37.6 Å². The Morgan fingerprint density at radius 1 is 1.26 bits per heavy atom. The molecule has 3 aromatic rings. The molecule has 23 heavy (non-hydrogen) atoms. The number of fused-ring (bicyclic) bond motifs is 1. The zero-order valence-corrected chi connectivity index (χ0v) is 12.8. The van der Waals surface area contributed by atoms with Crippen molar-refractivity contribution in [2.24, 2.45) is 0 Å². The fourth-order valence-corrected chi connectivity index (χ4v) is 2.27. The van der Waals surface area contributed by atoms with Crippen LogP contribution in [-0.2, 0) is 17.8 Å². The van der Waals surface area contributed by atoms with Gasteiger partial charge in [0.2, 0.25) is 0 Å². The van der Waals surface area contributed by atoms with Gasteiger partial charge >= 0.3 is 5.97 Å². The first-order chi connectivity index (χ1) is 11.1. The predicted molar refractivity (Wildman–Crippen MR) is 82.1 cm³/mol. The highest BCUT2D eigenvalue weighted by molar-refractivity contribution is 5.89. The second-order valence-electron chi connectivity index (χ2n) is 4.94. The van der Waals surface area contributed by atoms with Crippen LogP contribution in [0.4, 0.5) is 0 Å². The maximum Gasteiger partial charge on any atom is 0.337 e. The van der Waals surface area contributed by atoms with Gasteiger partial charge in [0, 0.05) is 6.54 Å². The van der Waals surface area contributed by atoms with Gasteiger partial charge in [0.15, 0.2) is 11.2 Å². The lowest BCUT2D eigenvalue weighted by Gasteiger charge is -2.06. The quantitative estimate of drug-likeness (QED) is 0.663. The van der Waals surface area contributed by atoms with E-state index in [-0.39, 0.29) is 11.1 Å². The average molecular weight is 313 g/mol. The van der Waals surface area contributed by atoms with Crippen molar-refractivity contribution in [1.82, 2.24) is 24.5 Å². The fraction of sp³-hybridized carbons (Fsp3) is 0.267. The second-order valence-corrected chi connectivity index (χ2v) is 4.94. The van der Waals surface area contributed by atoms with Crippen molar-refractivity contribution in [3.8, 4) is 0 Å². The molecule has 0 saturated carbocycles. The first kappa shape index (κ1) is 14.9. The molecule has 0 N–H and O–H groups in total. The predicted octanol–water partition coefficient (Wildman–Crippen LogP) is 0.843. The lowest BCUT2D eigenvalue weighted by atomic mass is 10.1. The number of aromatic nitrogens is 5. The van der Waals surface area contributed by atoms with Gasteiger partial charge in [-0.2, -0.15) is 0 Å². The largest absolute Gasteiger partial charge is 0.465 e. The first-order valence-electron chi connectivity index (χ1n) is 7.10. The number of carbonyl (C=O) groups is 1. The molecule has 0 fully saturated rings. The van der Waals surface area contributed by atoms with E-state index in [4.69, 9.17) is 0 Å². The molecule has 0 saturated heterocycles. The lowest BCUT2D eigenvalue weighted by Crippen LogP contribution is -2.21. The summed E-state index contributed by atoms with van der Waals surface area (Å²) >= 11 is 0. The third-order valence-electron chi connectivity index (χ3n) is 3.52. The summed E-state index contributed by atoms with van der Waals surface area (Å²) in [4.78, 5) is 28.1. The molecule has 8 heteroatoms. The average Bonchev–Trinajstić information content (AvgIpc) is 3.01. The molecule has 0 aliphatic rings. The van der Waals surface area contributed by atoms with Gasteiger partial charge in [0.1, 0.15) is 6.33 Å². The van der Waals surface area contributed by atoms with E-state index in [9.17, 15) is 9.59 Å². The zero-order chi connectivity index (χ0) is 16.4. The van der Waals surface area contributed by atoms with Crippen LogP contribution in [0.1, 0.15) is 22.8 Å². The van der Waals surface area contributed by atoms with Crippen LogP contribution in [0, 0.1) is 0 Å². The van der Waals surface area contributed by atoms with Gasteiger partial charge in [-0.3, -0.25) is 9.36 Å². The van der Waals surface area contributed by atoms with Crippen LogP contribution in [0.15, 0.2) is 35.4 Å². The summed E-state index contributed by atoms with van der Waals surface area (Å²) in [5.41, 5.74) is 1.81. The Balaban J connectivity index is 1.91.